The molecule has 6 rings (SSSR count). The number of rotatable bonds is 2. The number of aromatic nitrogens is 3. The topological polar surface area (TPSA) is 103 Å². The maximum atomic E-state index is 15.8. The molecule has 8 nitrogen and oxygen atoms in total. The maximum Gasteiger partial charge on any atom is 0.349 e. The van der Waals surface area contributed by atoms with Crippen LogP contribution in [0.1, 0.15) is 50.3 Å². The van der Waals surface area contributed by atoms with Crippen LogP contribution < -0.4 is 4.74 Å². The standard InChI is InChI=1S/C35H33BrFN3O5S/c1-35(2)14-6-11-31(23-8-4-9-24(36)17-23)40-16-13-29(39-40)22-7-5-10-25(18-22)45-33-27(26-12-15-38-30(26)20-28(33)37)19-32(34(41)44-3)46(42,43)21-35/h4-5,7-10,12-13,15-20,31,38H,6,11,14,21H2,1-3H3/b32-19+. The Morgan fingerprint density at radius 2 is 1.93 bits per heavy atom. The van der Waals surface area contributed by atoms with Crippen LogP contribution in [-0.4, -0.2) is 42.0 Å². The van der Waals surface area contributed by atoms with Crippen LogP contribution in [0.4, 0.5) is 4.39 Å². The molecule has 2 aromatic heterocycles. The van der Waals surface area contributed by atoms with Crippen molar-refractivity contribution in [1.82, 2.24) is 14.8 Å². The molecule has 1 aliphatic heterocycles. The zero-order valence-corrected chi connectivity index (χ0v) is 28.0. The average molecular weight is 707 g/mol. The molecule has 46 heavy (non-hydrogen) atoms. The van der Waals surface area contributed by atoms with E-state index in [1.165, 1.54) is 12.1 Å². The van der Waals surface area contributed by atoms with E-state index in [0.717, 1.165) is 22.7 Å². The Labute approximate surface area is 275 Å². The first-order valence-corrected chi connectivity index (χ1v) is 17.3. The van der Waals surface area contributed by atoms with Crippen LogP contribution in [-0.2, 0) is 19.4 Å². The fourth-order valence-electron chi connectivity index (χ4n) is 6.04. The predicted molar refractivity (Wildman–Crippen MR) is 180 cm³/mol. The van der Waals surface area contributed by atoms with E-state index in [-0.39, 0.29) is 23.1 Å². The van der Waals surface area contributed by atoms with E-state index >= 15 is 4.39 Å². The van der Waals surface area contributed by atoms with Gasteiger partial charge in [0.2, 0.25) is 0 Å². The molecule has 0 fully saturated rings. The van der Waals surface area contributed by atoms with Crippen LogP contribution in [0.3, 0.4) is 0 Å². The third kappa shape index (κ3) is 6.52. The van der Waals surface area contributed by atoms with Crippen LogP contribution in [0.5, 0.6) is 11.5 Å². The Morgan fingerprint density at radius 3 is 2.72 bits per heavy atom. The van der Waals surface area contributed by atoms with Gasteiger partial charge in [0.1, 0.15) is 5.75 Å². The van der Waals surface area contributed by atoms with Crippen molar-refractivity contribution in [1.29, 1.82) is 0 Å². The van der Waals surface area contributed by atoms with Gasteiger partial charge < -0.3 is 14.5 Å². The van der Waals surface area contributed by atoms with Crippen molar-refractivity contribution in [2.24, 2.45) is 5.41 Å². The number of hydrogen-bond acceptors (Lipinski definition) is 6. The van der Waals surface area contributed by atoms with Crippen LogP contribution in [0, 0.1) is 11.2 Å². The van der Waals surface area contributed by atoms with Gasteiger partial charge in [-0.2, -0.15) is 5.10 Å². The number of fused-ring (bicyclic) bond motifs is 8. The second kappa shape index (κ2) is 12.5. The van der Waals surface area contributed by atoms with E-state index in [0.29, 0.717) is 41.6 Å². The molecule has 0 radical (unpaired) electrons. The summed E-state index contributed by atoms with van der Waals surface area (Å²) < 4.78 is 57.7. The van der Waals surface area contributed by atoms with Gasteiger partial charge in [-0.3, -0.25) is 4.68 Å². The number of carbonyl (C=O) groups is 1. The molecule has 0 amide bonds. The summed E-state index contributed by atoms with van der Waals surface area (Å²) in [5, 5.41) is 5.42. The lowest BCUT2D eigenvalue weighted by atomic mass is 9.88. The van der Waals surface area contributed by atoms with Gasteiger partial charge >= 0.3 is 5.97 Å². The van der Waals surface area contributed by atoms with E-state index in [1.807, 2.05) is 55.1 Å². The van der Waals surface area contributed by atoms with Gasteiger partial charge in [-0.05, 0) is 66.3 Å². The quantitative estimate of drug-likeness (QED) is 0.185. The van der Waals surface area contributed by atoms with E-state index in [1.54, 1.807) is 30.5 Å². The van der Waals surface area contributed by atoms with Crippen molar-refractivity contribution in [3.63, 3.8) is 0 Å². The maximum absolute atomic E-state index is 15.8. The van der Waals surface area contributed by atoms with Gasteiger partial charge in [-0.25, -0.2) is 17.6 Å². The summed E-state index contributed by atoms with van der Waals surface area (Å²) in [5.41, 5.74) is 2.33. The van der Waals surface area contributed by atoms with E-state index in [4.69, 9.17) is 14.6 Å². The molecule has 1 atom stereocenters. The Bertz CT molecular complexity index is 2080. The predicted octanol–water partition coefficient (Wildman–Crippen LogP) is 8.45. The fraction of sp³-hybridized carbons (Fsp3) is 0.257. The SMILES string of the molecule is COC(=O)/C1=C\c2c(c(F)cc3[nH]ccc23)Oc2cccc(c2)-c2ccn(n2)C(c2cccc(Br)c2)CCCC(C)(C)CS1(=O)=O. The summed E-state index contributed by atoms with van der Waals surface area (Å²) in [4.78, 5) is 15.5. The number of ether oxygens (including phenoxy) is 2. The number of nitrogens with zero attached hydrogens (tertiary/aromatic N) is 2. The van der Waals surface area contributed by atoms with E-state index < -0.39 is 31.9 Å². The minimum Gasteiger partial charge on any atom is -0.465 e. The molecule has 0 saturated carbocycles. The first kappa shape index (κ1) is 31.7. The molecule has 0 saturated heterocycles. The Balaban J connectivity index is 1.54. The molecule has 3 aromatic carbocycles. The number of carbonyl (C=O) groups excluding carboxylic acids is 1. The molecule has 3 heterocycles. The lowest BCUT2D eigenvalue weighted by Gasteiger charge is -2.26. The Morgan fingerprint density at radius 1 is 1.13 bits per heavy atom. The lowest BCUT2D eigenvalue weighted by molar-refractivity contribution is -0.135. The second-order valence-corrected chi connectivity index (χ2v) is 15.1. The number of methoxy groups -OCH3 is 1. The van der Waals surface area contributed by atoms with Gasteiger partial charge in [-0.15, -0.1) is 0 Å². The van der Waals surface area contributed by atoms with Crippen molar-refractivity contribution in [3.05, 3.63) is 105 Å². The molecule has 4 bridgehead atoms. The molecular formula is C35H33BrFN3O5S. The average Bonchev–Trinajstić information content (AvgIpc) is 3.68. The van der Waals surface area contributed by atoms with Crippen LogP contribution >= 0.6 is 15.9 Å². The highest BCUT2D eigenvalue weighted by Crippen LogP contribution is 2.39. The molecule has 1 N–H and O–H groups in total. The second-order valence-electron chi connectivity index (χ2n) is 12.2. The smallest absolute Gasteiger partial charge is 0.349 e. The number of nitrogens with one attached hydrogen (secondary N) is 1. The minimum absolute atomic E-state index is 0.102. The van der Waals surface area contributed by atoms with Crippen molar-refractivity contribution in [3.8, 4) is 22.8 Å². The zero-order chi connectivity index (χ0) is 32.6. The monoisotopic (exact) mass is 705 g/mol. The van der Waals surface area contributed by atoms with Gasteiger partial charge in [0.25, 0.3) is 0 Å². The first-order valence-electron chi connectivity index (χ1n) is 14.9. The summed E-state index contributed by atoms with van der Waals surface area (Å²) >= 11 is 3.58. The molecule has 1 unspecified atom stereocenters. The molecule has 0 aliphatic carbocycles. The van der Waals surface area contributed by atoms with Gasteiger partial charge in [0, 0.05) is 45.0 Å². The number of H-pyrrole nitrogens is 1. The first-order chi connectivity index (χ1) is 21.9. The number of esters is 1. The number of hydrogen-bond donors (Lipinski definition) is 1. The molecular weight excluding hydrogens is 673 g/mol. The van der Waals surface area contributed by atoms with Gasteiger partial charge in [0.15, 0.2) is 26.3 Å². The largest absolute Gasteiger partial charge is 0.465 e. The number of halogens is 2. The summed E-state index contributed by atoms with van der Waals surface area (Å²) in [5.74, 6) is -2.00. The highest BCUT2D eigenvalue weighted by molar-refractivity contribution is 9.10. The third-order valence-electron chi connectivity index (χ3n) is 8.22. The van der Waals surface area contributed by atoms with Crippen molar-refractivity contribution >= 4 is 48.7 Å². The lowest BCUT2D eigenvalue weighted by Crippen LogP contribution is -2.28. The van der Waals surface area contributed by atoms with Crippen LogP contribution in [0.15, 0.2) is 88.5 Å². The molecule has 1 aliphatic rings. The molecule has 238 valence electrons. The van der Waals surface area contributed by atoms with Gasteiger partial charge in [-0.1, -0.05) is 60.5 Å². The Hall–Kier alpha value is -4.22. The molecule has 11 heteroatoms. The van der Waals surface area contributed by atoms with Crippen LogP contribution in [0.2, 0.25) is 0 Å². The van der Waals surface area contributed by atoms with Gasteiger partial charge in [0.05, 0.1) is 24.6 Å². The summed E-state index contributed by atoms with van der Waals surface area (Å²) in [6.45, 7) is 3.73. The summed E-state index contributed by atoms with van der Waals surface area (Å²) in [6.07, 6.45) is 6.65. The normalized spacial score (nSPS) is 19.2. The highest BCUT2D eigenvalue weighted by Gasteiger charge is 2.34. The zero-order valence-electron chi connectivity index (χ0n) is 25.6. The number of aromatic amines is 1. The van der Waals surface area contributed by atoms with Crippen molar-refractivity contribution in [2.45, 2.75) is 39.2 Å². The van der Waals surface area contributed by atoms with Crippen molar-refractivity contribution in [2.75, 3.05) is 12.9 Å². The third-order valence-corrected chi connectivity index (χ3v) is 10.8. The van der Waals surface area contributed by atoms with Crippen LogP contribution in [0.25, 0.3) is 28.2 Å². The molecule has 5 aromatic rings. The molecule has 0 spiro atoms. The minimum atomic E-state index is -4.21. The van der Waals surface area contributed by atoms with Crippen molar-refractivity contribution < 1.29 is 27.1 Å². The summed E-state index contributed by atoms with van der Waals surface area (Å²) in [7, 11) is -3.09. The number of benzene rings is 3. The van der Waals surface area contributed by atoms with E-state index in [2.05, 4.69) is 27.0 Å². The summed E-state index contributed by atoms with van der Waals surface area (Å²) in [6, 6.07) is 19.9. The number of sulfone groups is 1. The highest BCUT2D eigenvalue weighted by atomic mass is 79.9. The Kier molecular flexibility index (Phi) is 8.64. The fourth-order valence-corrected chi connectivity index (χ4v) is 8.42. The van der Waals surface area contributed by atoms with E-state index in [9.17, 15) is 13.2 Å².